The van der Waals surface area contributed by atoms with Crippen molar-refractivity contribution in [2.24, 2.45) is 12.8 Å². The lowest BCUT2D eigenvalue weighted by Gasteiger charge is -2.22. The Morgan fingerprint density at radius 2 is 2.15 bits per heavy atom. The number of carbonyl (C=O) groups excluding carboxylic acids is 1. The van der Waals surface area contributed by atoms with Gasteiger partial charge in [0.15, 0.2) is 0 Å². The molecule has 1 rings (SSSR count). The van der Waals surface area contributed by atoms with E-state index in [2.05, 4.69) is 5.10 Å². The average Bonchev–Trinajstić information content (AvgIpc) is 2.59. The van der Waals surface area contributed by atoms with Crippen LogP contribution in [0.1, 0.15) is 38.4 Å². The number of anilines is 1. The molecule has 110 valence electrons. The Morgan fingerprint density at radius 3 is 2.65 bits per heavy atom. The van der Waals surface area contributed by atoms with Crippen LogP contribution >= 0.6 is 0 Å². The Hall–Kier alpha value is -2.07. The number of nitrogens with two attached hydrogens (primary N) is 2. The topological polar surface area (TPSA) is 120 Å². The Bertz CT molecular complexity index is 536. The summed E-state index contributed by atoms with van der Waals surface area (Å²) in [5.41, 5.74) is 11.8. The lowest BCUT2D eigenvalue weighted by atomic mass is 10.1. The highest BCUT2D eigenvalue weighted by Crippen LogP contribution is 2.17. The van der Waals surface area contributed by atoms with Crippen LogP contribution in [0.3, 0.4) is 0 Å². The van der Waals surface area contributed by atoms with Gasteiger partial charge in [0.25, 0.3) is 0 Å². The van der Waals surface area contributed by atoms with E-state index in [1.54, 1.807) is 27.8 Å². The first kappa shape index (κ1) is 16.0. The molecule has 1 aromatic rings. The van der Waals surface area contributed by atoms with Crippen LogP contribution in [0.5, 0.6) is 0 Å². The van der Waals surface area contributed by atoms with Crippen molar-refractivity contribution in [3.8, 4) is 6.07 Å². The van der Waals surface area contributed by atoms with Crippen LogP contribution in [-0.4, -0.2) is 27.4 Å². The van der Waals surface area contributed by atoms with Gasteiger partial charge in [-0.1, -0.05) is 0 Å². The van der Waals surface area contributed by atoms with E-state index in [9.17, 15) is 4.79 Å². The molecule has 0 fully saturated rings. The molecule has 0 radical (unpaired) electrons. The normalized spacial score (nSPS) is 12.8. The molecule has 0 spiro atoms. The molecule has 4 N–H and O–H groups in total. The van der Waals surface area contributed by atoms with Crippen LogP contribution < -0.4 is 11.5 Å². The summed E-state index contributed by atoms with van der Waals surface area (Å²) in [5, 5.41) is 13.2. The van der Waals surface area contributed by atoms with E-state index in [0.29, 0.717) is 29.9 Å². The maximum Gasteiger partial charge on any atom is 0.323 e. The van der Waals surface area contributed by atoms with Gasteiger partial charge in [-0.2, -0.15) is 10.4 Å². The third-order valence-electron chi connectivity index (χ3n) is 2.68. The summed E-state index contributed by atoms with van der Waals surface area (Å²) in [6, 6.07) is 1.26. The summed E-state index contributed by atoms with van der Waals surface area (Å²) in [5.74, 6) is -0.145. The first-order valence-electron chi connectivity index (χ1n) is 6.35. The monoisotopic (exact) mass is 279 g/mol. The fraction of sp³-hybridized carbons (Fsp3) is 0.615. The molecule has 0 saturated heterocycles. The fourth-order valence-corrected chi connectivity index (χ4v) is 1.68. The lowest BCUT2D eigenvalue weighted by molar-refractivity contribution is -0.156. The first-order chi connectivity index (χ1) is 9.15. The highest BCUT2D eigenvalue weighted by molar-refractivity contribution is 5.75. The molecule has 0 unspecified atom stereocenters. The summed E-state index contributed by atoms with van der Waals surface area (Å²) >= 11 is 0. The van der Waals surface area contributed by atoms with Gasteiger partial charge in [0.1, 0.15) is 29.1 Å². The summed E-state index contributed by atoms with van der Waals surface area (Å²) < 4.78 is 6.63. The number of esters is 1. The van der Waals surface area contributed by atoms with Crippen LogP contribution in [-0.2, 0) is 23.0 Å². The van der Waals surface area contributed by atoms with E-state index in [4.69, 9.17) is 21.5 Å². The number of nitriles is 1. The molecule has 1 atom stereocenters. The van der Waals surface area contributed by atoms with Crippen LogP contribution in [0.25, 0.3) is 0 Å². The third kappa shape index (κ3) is 3.96. The highest BCUT2D eigenvalue weighted by atomic mass is 16.6. The van der Waals surface area contributed by atoms with Crippen molar-refractivity contribution in [3.63, 3.8) is 0 Å². The molecule has 0 aliphatic rings. The van der Waals surface area contributed by atoms with E-state index < -0.39 is 17.6 Å². The van der Waals surface area contributed by atoms with Gasteiger partial charge in [0.2, 0.25) is 0 Å². The van der Waals surface area contributed by atoms with Gasteiger partial charge < -0.3 is 16.2 Å². The van der Waals surface area contributed by atoms with E-state index >= 15 is 0 Å². The number of carbonyl (C=O) groups is 1. The molecule has 0 bridgehead atoms. The predicted octanol–water partition coefficient (Wildman–Crippen LogP) is 0.476. The number of aromatic nitrogens is 2. The number of nitrogens with zero attached hydrogens (tertiary/aromatic N) is 3. The zero-order valence-corrected chi connectivity index (χ0v) is 12.3. The SMILES string of the molecule is Cn1nc(CC[C@H](N)C(=O)OC(C)(C)C)c(C#N)c1N. The molecule has 0 aliphatic heterocycles. The maximum atomic E-state index is 11.7. The van der Waals surface area contributed by atoms with Gasteiger partial charge in [0.05, 0.1) is 5.69 Å². The predicted molar refractivity (Wildman–Crippen MR) is 74.5 cm³/mol. The molecule has 1 aromatic heterocycles. The Morgan fingerprint density at radius 1 is 1.55 bits per heavy atom. The number of hydrogen-bond donors (Lipinski definition) is 2. The van der Waals surface area contributed by atoms with Gasteiger partial charge in [-0.3, -0.25) is 9.48 Å². The second kappa shape index (κ2) is 5.92. The number of nitrogen functional groups attached to an aromatic ring is 1. The van der Waals surface area contributed by atoms with Crippen LogP contribution in [0.4, 0.5) is 5.82 Å². The molecule has 20 heavy (non-hydrogen) atoms. The van der Waals surface area contributed by atoms with E-state index in [1.165, 1.54) is 4.68 Å². The summed E-state index contributed by atoms with van der Waals surface area (Å²) in [6.45, 7) is 5.35. The number of ether oxygens (including phenoxy) is 1. The van der Waals surface area contributed by atoms with E-state index in [0.717, 1.165) is 0 Å². The average molecular weight is 279 g/mol. The zero-order chi connectivity index (χ0) is 15.5. The molecule has 0 aromatic carbocycles. The van der Waals surface area contributed by atoms with Crippen LogP contribution in [0.15, 0.2) is 0 Å². The van der Waals surface area contributed by atoms with Crippen molar-refractivity contribution >= 4 is 11.8 Å². The van der Waals surface area contributed by atoms with Crippen molar-refractivity contribution in [2.45, 2.75) is 45.3 Å². The lowest BCUT2D eigenvalue weighted by Crippen LogP contribution is -2.37. The molecule has 0 aliphatic carbocycles. The van der Waals surface area contributed by atoms with Gasteiger partial charge in [0, 0.05) is 7.05 Å². The quantitative estimate of drug-likeness (QED) is 0.773. The summed E-state index contributed by atoms with van der Waals surface area (Å²) in [6.07, 6.45) is 0.744. The largest absolute Gasteiger partial charge is 0.459 e. The molecule has 0 saturated carbocycles. The second-order valence-corrected chi connectivity index (χ2v) is 5.62. The number of rotatable bonds is 4. The van der Waals surface area contributed by atoms with Crippen molar-refractivity contribution < 1.29 is 9.53 Å². The summed E-state index contributed by atoms with van der Waals surface area (Å²) in [4.78, 5) is 11.7. The minimum Gasteiger partial charge on any atom is -0.459 e. The van der Waals surface area contributed by atoms with Crippen molar-refractivity contribution in [1.82, 2.24) is 9.78 Å². The van der Waals surface area contributed by atoms with Gasteiger partial charge in [-0.15, -0.1) is 0 Å². The molecule has 1 heterocycles. The second-order valence-electron chi connectivity index (χ2n) is 5.62. The van der Waals surface area contributed by atoms with Gasteiger partial charge in [-0.05, 0) is 33.6 Å². The van der Waals surface area contributed by atoms with Crippen LogP contribution in [0.2, 0.25) is 0 Å². The summed E-state index contributed by atoms with van der Waals surface area (Å²) in [7, 11) is 1.66. The van der Waals surface area contributed by atoms with E-state index in [1.807, 2.05) is 6.07 Å². The maximum absolute atomic E-state index is 11.7. The third-order valence-corrected chi connectivity index (χ3v) is 2.68. The molecule has 0 amide bonds. The standard InChI is InChI=1S/C13H21N5O2/c1-13(2,3)20-12(19)9(15)5-6-10-8(7-14)11(16)18(4)17-10/h9H,5-6,15-16H2,1-4H3/t9-/m0/s1. The van der Waals surface area contributed by atoms with Crippen LogP contribution in [0, 0.1) is 11.3 Å². The van der Waals surface area contributed by atoms with Gasteiger partial charge >= 0.3 is 5.97 Å². The zero-order valence-electron chi connectivity index (χ0n) is 12.3. The van der Waals surface area contributed by atoms with Crippen molar-refractivity contribution in [3.05, 3.63) is 11.3 Å². The highest BCUT2D eigenvalue weighted by Gasteiger charge is 2.23. The minimum atomic E-state index is -0.746. The first-order valence-corrected chi connectivity index (χ1v) is 6.35. The van der Waals surface area contributed by atoms with Gasteiger partial charge in [-0.25, -0.2) is 0 Å². The van der Waals surface area contributed by atoms with Crippen molar-refractivity contribution in [1.29, 1.82) is 5.26 Å². The number of hydrogen-bond acceptors (Lipinski definition) is 6. The Kier molecular flexibility index (Phi) is 4.73. The Balaban J connectivity index is 2.66. The van der Waals surface area contributed by atoms with E-state index in [-0.39, 0.29) is 0 Å². The Labute approximate surface area is 118 Å². The molecular weight excluding hydrogens is 258 g/mol. The minimum absolute atomic E-state index is 0.313. The molecule has 7 nitrogen and oxygen atoms in total. The molecule has 7 heteroatoms. The van der Waals surface area contributed by atoms with Crippen molar-refractivity contribution in [2.75, 3.05) is 5.73 Å². The molecular formula is C13H21N5O2. The fourth-order valence-electron chi connectivity index (χ4n) is 1.68. The smallest absolute Gasteiger partial charge is 0.323 e. The number of aryl methyl sites for hydroxylation is 2.